The molecule has 0 aliphatic heterocycles. The van der Waals surface area contributed by atoms with E-state index in [1.54, 1.807) is 18.5 Å². The van der Waals surface area contributed by atoms with Gasteiger partial charge >= 0.3 is 5.97 Å². The Morgan fingerprint density at radius 3 is 2.57 bits per heavy atom. The lowest BCUT2D eigenvalue weighted by Crippen LogP contribution is -2.17. The van der Waals surface area contributed by atoms with Gasteiger partial charge in [-0.15, -0.1) is 0 Å². The minimum absolute atomic E-state index is 0.0368. The van der Waals surface area contributed by atoms with Gasteiger partial charge in [0.25, 0.3) is 0 Å². The van der Waals surface area contributed by atoms with Crippen LogP contribution in [0.15, 0.2) is 30.3 Å². The van der Waals surface area contributed by atoms with Crippen LogP contribution < -0.4 is 5.32 Å². The van der Waals surface area contributed by atoms with E-state index in [0.717, 1.165) is 11.3 Å². The number of nitrogens with zero attached hydrogens (tertiary/aromatic N) is 2. The van der Waals surface area contributed by atoms with E-state index in [0.29, 0.717) is 24.4 Å². The van der Waals surface area contributed by atoms with Crippen molar-refractivity contribution in [2.24, 2.45) is 0 Å². The maximum absolute atomic E-state index is 12.2. The Kier molecular flexibility index (Phi) is 5.51. The highest BCUT2D eigenvalue weighted by Gasteiger charge is 2.16. The monoisotopic (exact) mass is 315 g/mol. The first-order chi connectivity index (χ1) is 11.0. The largest absolute Gasteiger partial charge is 0.465 e. The molecule has 0 unspecified atom stereocenters. The second-order valence-electron chi connectivity index (χ2n) is 5.22. The van der Waals surface area contributed by atoms with Crippen molar-refractivity contribution < 1.29 is 14.3 Å². The molecule has 23 heavy (non-hydrogen) atoms. The molecule has 0 radical (unpaired) electrons. The summed E-state index contributed by atoms with van der Waals surface area (Å²) in [4.78, 5) is 23.8. The second-order valence-corrected chi connectivity index (χ2v) is 5.22. The Morgan fingerprint density at radius 2 is 1.91 bits per heavy atom. The van der Waals surface area contributed by atoms with Gasteiger partial charge in [0.1, 0.15) is 6.54 Å². The first-order valence-corrected chi connectivity index (χ1v) is 7.54. The van der Waals surface area contributed by atoms with E-state index in [2.05, 4.69) is 10.4 Å². The van der Waals surface area contributed by atoms with E-state index in [1.165, 1.54) is 0 Å². The molecule has 0 saturated heterocycles. The summed E-state index contributed by atoms with van der Waals surface area (Å²) in [5, 5.41) is 7.17. The molecule has 0 fully saturated rings. The number of carbonyl (C=O) groups is 2. The predicted molar refractivity (Wildman–Crippen MR) is 87.1 cm³/mol. The zero-order valence-corrected chi connectivity index (χ0v) is 13.6. The zero-order chi connectivity index (χ0) is 16.8. The van der Waals surface area contributed by atoms with Crippen LogP contribution in [0.4, 0.5) is 5.69 Å². The summed E-state index contributed by atoms with van der Waals surface area (Å²) in [6, 6.07) is 9.52. The molecule has 1 N–H and O–H groups in total. The Hall–Kier alpha value is -2.63. The highest BCUT2D eigenvalue weighted by atomic mass is 16.5. The summed E-state index contributed by atoms with van der Waals surface area (Å²) >= 11 is 0. The van der Waals surface area contributed by atoms with Crippen molar-refractivity contribution in [2.75, 3.05) is 11.9 Å². The van der Waals surface area contributed by atoms with E-state index >= 15 is 0 Å². The van der Waals surface area contributed by atoms with Gasteiger partial charge in [-0.25, -0.2) is 0 Å². The van der Waals surface area contributed by atoms with Crippen LogP contribution in [-0.4, -0.2) is 28.3 Å². The number of esters is 1. The van der Waals surface area contributed by atoms with E-state index in [9.17, 15) is 9.59 Å². The Bertz CT molecular complexity index is 693. The number of aryl methyl sites for hydroxylation is 1. The van der Waals surface area contributed by atoms with E-state index in [1.807, 2.05) is 37.3 Å². The van der Waals surface area contributed by atoms with E-state index in [-0.39, 0.29) is 18.4 Å². The molecule has 1 heterocycles. The highest BCUT2D eigenvalue weighted by molar-refractivity contribution is 5.93. The van der Waals surface area contributed by atoms with Crippen molar-refractivity contribution in [2.45, 2.75) is 33.7 Å². The van der Waals surface area contributed by atoms with Gasteiger partial charge < -0.3 is 10.1 Å². The van der Waals surface area contributed by atoms with Crippen molar-refractivity contribution >= 4 is 17.6 Å². The molecule has 0 spiro atoms. The molecule has 0 aliphatic carbocycles. The summed E-state index contributed by atoms with van der Waals surface area (Å²) in [6.45, 7) is 5.74. The predicted octanol–water partition coefficient (Wildman–Crippen LogP) is 2.24. The van der Waals surface area contributed by atoms with Crippen molar-refractivity contribution in [3.05, 3.63) is 47.3 Å². The quantitative estimate of drug-likeness (QED) is 0.830. The van der Waals surface area contributed by atoms with Crippen LogP contribution in [-0.2, 0) is 27.3 Å². The number of nitrogens with one attached hydrogen (secondary N) is 1. The average Bonchev–Trinajstić information content (AvgIpc) is 2.76. The third-order valence-corrected chi connectivity index (χ3v) is 3.44. The molecule has 1 aromatic heterocycles. The lowest BCUT2D eigenvalue weighted by Gasteiger charge is -2.07. The van der Waals surface area contributed by atoms with Gasteiger partial charge in [0.15, 0.2) is 0 Å². The van der Waals surface area contributed by atoms with Gasteiger partial charge in [0.05, 0.1) is 30.1 Å². The molecule has 2 rings (SSSR count). The molecule has 122 valence electrons. The second kappa shape index (κ2) is 7.58. The molecule has 0 atom stereocenters. The van der Waals surface area contributed by atoms with Gasteiger partial charge in [-0.2, -0.15) is 5.10 Å². The van der Waals surface area contributed by atoms with Crippen LogP contribution in [0.2, 0.25) is 0 Å². The number of hydrogen-bond acceptors (Lipinski definition) is 4. The standard InChI is InChI=1S/C17H21N3O3/c1-4-23-16(22)11-20-13(3)17(12(2)19-20)18-15(21)10-14-8-6-5-7-9-14/h5-9H,4,10-11H2,1-3H3,(H,18,21). The van der Waals surface area contributed by atoms with Gasteiger partial charge in [-0.1, -0.05) is 30.3 Å². The molecular weight excluding hydrogens is 294 g/mol. The third-order valence-electron chi connectivity index (χ3n) is 3.44. The number of carbonyl (C=O) groups excluding carboxylic acids is 2. The fourth-order valence-electron chi connectivity index (χ4n) is 2.33. The van der Waals surface area contributed by atoms with Crippen LogP contribution in [0, 0.1) is 13.8 Å². The minimum atomic E-state index is -0.347. The topological polar surface area (TPSA) is 73.2 Å². The molecule has 1 amide bonds. The zero-order valence-electron chi connectivity index (χ0n) is 13.6. The summed E-state index contributed by atoms with van der Waals surface area (Å²) in [7, 11) is 0. The van der Waals surface area contributed by atoms with Gasteiger partial charge in [-0.3, -0.25) is 14.3 Å². The molecular formula is C17H21N3O3. The lowest BCUT2D eigenvalue weighted by molar-refractivity contribution is -0.144. The number of hydrogen-bond donors (Lipinski definition) is 1. The van der Waals surface area contributed by atoms with E-state index in [4.69, 9.17) is 4.74 Å². The Morgan fingerprint density at radius 1 is 1.22 bits per heavy atom. The molecule has 0 saturated carbocycles. The maximum Gasteiger partial charge on any atom is 0.327 e. The normalized spacial score (nSPS) is 10.4. The van der Waals surface area contributed by atoms with Crippen molar-refractivity contribution in [1.82, 2.24) is 9.78 Å². The summed E-state index contributed by atoms with van der Waals surface area (Å²) in [6.07, 6.45) is 0.294. The molecule has 0 aliphatic rings. The van der Waals surface area contributed by atoms with E-state index < -0.39 is 0 Å². The fourth-order valence-corrected chi connectivity index (χ4v) is 2.33. The number of aromatic nitrogens is 2. The smallest absolute Gasteiger partial charge is 0.327 e. The van der Waals surface area contributed by atoms with Crippen molar-refractivity contribution in [3.8, 4) is 0 Å². The first-order valence-electron chi connectivity index (χ1n) is 7.54. The van der Waals surface area contributed by atoms with Crippen LogP contribution >= 0.6 is 0 Å². The molecule has 6 heteroatoms. The van der Waals surface area contributed by atoms with Gasteiger partial charge in [-0.05, 0) is 26.3 Å². The molecule has 2 aromatic rings. The molecule has 0 bridgehead atoms. The van der Waals surface area contributed by atoms with Gasteiger partial charge in [0, 0.05) is 0 Å². The summed E-state index contributed by atoms with van der Waals surface area (Å²) < 4.78 is 6.47. The van der Waals surface area contributed by atoms with Crippen LogP contribution in [0.1, 0.15) is 23.9 Å². The summed E-state index contributed by atoms with van der Waals surface area (Å²) in [5.74, 6) is -0.460. The number of amides is 1. The average molecular weight is 315 g/mol. The number of ether oxygens (including phenoxy) is 1. The molecule has 1 aromatic carbocycles. The highest BCUT2D eigenvalue weighted by Crippen LogP contribution is 2.19. The first kappa shape index (κ1) is 16.7. The van der Waals surface area contributed by atoms with Crippen LogP contribution in [0.25, 0.3) is 0 Å². The Balaban J connectivity index is 2.06. The number of benzene rings is 1. The Labute approximate surface area is 135 Å². The fraction of sp³-hybridized carbons (Fsp3) is 0.353. The van der Waals surface area contributed by atoms with Crippen molar-refractivity contribution in [3.63, 3.8) is 0 Å². The van der Waals surface area contributed by atoms with Crippen LogP contribution in [0.3, 0.4) is 0 Å². The summed E-state index contributed by atoms with van der Waals surface area (Å²) in [5.41, 5.74) is 3.00. The van der Waals surface area contributed by atoms with Crippen LogP contribution in [0.5, 0.6) is 0 Å². The maximum atomic E-state index is 12.2. The lowest BCUT2D eigenvalue weighted by atomic mass is 10.1. The van der Waals surface area contributed by atoms with Gasteiger partial charge in [0.2, 0.25) is 5.91 Å². The third kappa shape index (κ3) is 4.42. The minimum Gasteiger partial charge on any atom is -0.465 e. The number of rotatable bonds is 6. The SMILES string of the molecule is CCOC(=O)Cn1nc(C)c(NC(=O)Cc2ccccc2)c1C. The van der Waals surface area contributed by atoms with Crippen molar-refractivity contribution in [1.29, 1.82) is 0 Å². The number of anilines is 1. The molecule has 6 nitrogen and oxygen atoms in total.